The molecule has 0 aromatic heterocycles. The summed E-state index contributed by atoms with van der Waals surface area (Å²) in [5, 5.41) is 9.89. The molecular formula is C19H24N2O6. The second kappa shape index (κ2) is 7.01. The van der Waals surface area contributed by atoms with Gasteiger partial charge < -0.3 is 24.2 Å². The maximum atomic E-state index is 12.8. The summed E-state index contributed by atoms with van der Waals surface area (Å²) in [7, 11) is 1.64. The van der Waals surface area contributed by atoms with E-state index in [0.29, 0.717) is 44.3 Å². The van der Waals surface area contributed by atoms with Crippen LogP contribution in [0.1, 0.15) is 5.56 Å². The maximum Gasteiger partial charge on any atom is 0.313 e. The van der Waals surface area contributed by atoms with Crippen molar-refractivity contribution in [2.24, 2.45) is 11.3 Å². The van der Waals surface area contributed by atoms with Gasteiger partial charge in [-0.05, 0) is 17.7 Å². The van der Waals surface area contributed by atoms with E-state index in [1.165, 1.54) is 0 Å². The van der Waals surface area contributed by atoms with Crippen molar-refractivity contribution in [1.82, 2.24) is 9.80 Å². The van der Waals surface area contributed by atoms with Gasteiger partial charge in [-0.25, -0.2) is 0 Å². The van der Waals surface area contributed by atoms with Crippen molar-refractivity contribution >= 4 is 11.9 Å². The topological polar surface area (TPSA) is 88.5 Å². The van der Waals surface area contributed by atoms with Crippen LogP contribution in [0.4, 0.5) is 0 Å². The zero-order valence-electron chi connectivity index (χ0n) is 15.3. The van der Waals surface area contributed by atoms with Gasteiger partial charge in [-0.2, -0.15) is 0 Å². The quantitative estimate of drug-likeness (QED) is 0.771. The molecule has 1 N–H and O–H groups in total. The smallest absolute Gasteiger partial charge is 0.313 e. The highest BCUT2D eigenvalue weighted by molar-refractivity contribution is 5.83. The van der Waals surface area contributed by atoms with E-state index in [1.54, 1.807) is 18.1 Å². The number of fused-ring (bicyclic) bond motifs is 2. The summed E-state index contributed by atoms with van der Waals surface area (Å²) >= 11 is 0. The zero-order chi connectivity index (χ0) is 19.0. The van der Waals surface area contributed by atoms with Crippen LogP contribution in [-0.2, 0) is 20.7 Å². The van der Waals surface area contributed by atoms with Crippen molar-refractivity contribution in [3.05, 3.63) is 23.8 Å². The first kappa shape index (κ1) is 18.1. The number of aliphatic carboxylic acids is 1. The number of methoxy groups -OCH3 is 1. The number of carboxylic acid groups (broad SMARTS) is 1. The van der Waals surface area contributed by atoms with Gasteiger partial charge in [0, 0.05) is 45.8 Å². The second-order valence-electron chi connectivity index (χ2n) is 7.52. The third kappa shape index (κ3) is 3.23. The Labute approximate surface area is 157 Å². The largest absolute Gasteiger partial charge is 0.481 e. The van der Waals surface area contributed by atoms with Crippen LogP contribution in [0.5, 0.6) is 11.5 Å². The predicted octanol–water partition coefficient (Wildman–Crippen LogP) is 0.449. The van der Waals surface area contributed by atoms with Gasteiger partial charge in [0.05, 0.1) is 13.0 Å². The molecule has 2 unspecified atom stereocenters. The van der Waals surface area contributed by atoms with Crippen LogP contribution in [0, 0.1) is 11.3 Å². The Morgan fingerprint density at radius 2 is 2.07 bits per heavy atom. The summed E-state index contributed by atoms with van der Waals surface area (Å²) in [4.78, 5) is 28.7. The van der Waals surface area contributed by atoms with E-state index in [-0.39, 0.29) is 31.6 Å². The minimum absolute atomic E-state index is 0.0486. The number of ether oxygens (including phenoxy) is 3. The summed E-state index contributed by atoms with van der Waals surface area (Å²) in [5.74, 6) is 0.419. The van der Waals surface area contributed by atoms with E-state index in [0.717, 1.165) is 5.56 Å². The first-order chi connectivity index (χ1) is 13.0. The molecule has 4 rings (SSSR count). The SMILES string of the molecule is COCCN1CC2CN(C(=O)Cc3ccc4c(c3)OCO4)CC2(C(=O)O)C1. The Morgan fingerprint density at radius 1 is 1.26 bits per heavy atom. The molecule has 2 fully saturated rings. The number of amides is 1. The van der Waals surface area contributed by atoms with Crippen LogP contribution in [0.2, 0.25) is 0 Å². The number of hydrogen-bond acceptors (Lipinski definition) is 6. The van der Waals surface area contributed by atoms with Crippen LogP contribution in [-0.4, -0.2) is 80.0 Å². The lowest BCUT2D eigenvalue weighted by Gasteiger charge is -2.25. The number of benzene rings is 1. The molecule has 8 heteroatoms. The van der Waals surface area contributed by atoms with Crippen LogP contribution in [0.25, 0.3) is 0 Å². The van der Waals surface area contributed by atoms with Gasteiger partial charge in [-0.15, -0.1) is 0 Å². The Hall–Kier alpha value is -2.32. The van der Waals surface area contributed by atoms with Gasteiger partial charge in [-0.1, -0.05) is 6.07 Å². The molecule has 8 nitrogen and oxygen atoms in total. The van der Waals surface area contributed by atoms with Gasteiger partial charge >= 0.3 is 5.97 Å². The van der Waals surface area contributed by atoms with Gasteiger partial charge in [-0.3, -0.25) is 14.5 Å². The van der Waals surface area contributed by atoms with E-state index in [4.69, 9.17) is 14.2 Å². The highest BCUT2D eigenvalue weighted by Crippen LogP contribution is 2.43. The van der Waals surface area contributed by atoms with E-state index in [2.05, 4.69) is 4.90 Å². The molecule has 3 heterocycles. The molecule has 0 bridgehead atoms. The van der Waals surface area contributed by atoms with Gasteiger partial charge in [0.25, 0.3) is 0 Å². The van der Waals surface area contributed by atoms with Gasteiger partial charge in [0.2, 0.25) is 12.7 Å². The van der Waals surface area contributed by atoms with Gasteiger partial charge in [0.1, 0.15) is 5.41 Å². The average molecular weight is 376 g/mol. The normalized spacial score (nSPS) is 26.4. The lowest BCUT2D eigenvalue weighted by molar-refractivity contribution is -0.149. The zero-order valence-corrected chi connectivity index (χ0v) is 15.3. The molecule has 27 heavy (non-hydrogen) atoms. The molecule has 2 atom stereocenters. The molecule has 0 spiro atoms. The summed E-state index contributed by atoms with van der Waals surface area (Å²) < 4.78 is 15.8. The number of carbonyl (C=O) groups excluding carboxylic acids is 1. The minimum atomic E-state index is -0.877. The van der Waals surface area contributed by atoms with Crippen LogP contribution in [0.3, 0.4) is 0 Å². The van der Waals surface area contributed by atoms with Gasteiger partial charge in [0.15, 0.2) is 11.5 Å². The summed E-state index contributed by atoms with van der Waals surface area (Å²) in [6, 6.07) is 5.47. The van der Waals surface area contributed by atoms with E-state index in [9.17, 15) is 14.7 Å². The molecule has 1 aromatic rings. The molecule has 1 amide bonds. The maximum absolute atomic E-state index is 12.8. The lowest BCUT2D eigenvalue weighted by Crippen LogP contribution is -2.42. The Balaban J connectivity index is 1.42. The second-order valence-corrected chi connectivity index (χ2v) is 7.52. The molecule has 146 valence electrons. The standard InChI is InChI=1S/C19H24N2O6/c1-25-5-4-20-8-14-9-21(11-19(14,10-20)18(23)24)17(22)7-13-2-3-15-16(6-13)27-12-26-15/h2-3,6,14H,4-5,7-12H2,1H3,(H,23,24). The monoisotopic (exact) mass is 376 g/mol. The number of likely N-dealkylation sites (tertiary alicyclic amines) is 2. The van der Waals surface area contributed by atoms with E-state index < -0.39 is 11.4 Å². The van der Waals surface area contributed by atoms with Crippen molar-refractivity contribution in [2.75, 3.05) is 53.2 Å². The molecule has 0 aliphatic carbocycles. The fraction of sp³-hybridized carbons (Fsp3) is 0.579. The van der Waals surface area contributed by atoms with E-state index >= 15 is 0 Å². The van der Waals surface area contributed by atoms with Crippen LogP contribution >= 0.6 is 0 Å². The Bertz CT molecular complexity index is 754. The molecule has 3 aliphatic rings. The number of nitrogens with zero attached hydrogens (tertiary/aromatic N) is 2. The molecule has 3 aliphatic heterocycles. The highest BCUT2D eigenvalue weighted by Gasteiger charge is 2.58. The molecule has 0 radical (unpaired) electrons. The van der Waals surface area contributed by atoms with Crippen LogP contribution in [0.15, 0.2) is 18.2 Å². The third-order valence-corrected chi connectivity index (χ3v) is 5.86. The van der Waals surface area contributed by atoms with Crippen molar-refractivity contribution in [3.8, 4) is 11.5 Å². The highest BCUT2D eigenvalue weighted by atomic mass is 16.7. The lowest BCUT2D eigenvalue weighted by atomic mass is 9.81. The molecule has 2 saturated heterocycles. The molecular weight excluding hydrogens is 352 g/mol. The van der Waals surface area contributed by atoms with Crippen molar-refractivity contribution in [2.45, 2.75) is 6.42 Å². The summed E-state index contributed by atoms with van der Waals surface area (Å²) in [6.45, 7) is 3.39. The van der Waals surface area contributed by atoms with Crippen molar-refractivity contribution in [1.29, 1.82) is 0 Å². The summed E-state index contributed by atoms with van der Waals surface area (Å²) in [6.07, 6.45) is 0.229. The minimum Gasteiger partial charge on any atom is -0.481 e. The molecule has 0 saturated carbocycles. The Morgan fingerprint density at radius 3 is 2.81 bits per heavy atom. The number of rotatable bonds is 6. The fourth-order valence-corrected chi connectivity index (χ4v) is 4.39. The van der Waals surface area contributed by atoms with Crippen LogP contribution < -0.4 is 9.47 Å². The molecule has 1 aromatic carbocycles. The number of hydrogen-bond donors (Lipinski definition) is 1. The first-order valence-corrected chi connectivity index (χ1v) is 9.13. The summed E-state index contributed by atoms with van der Waals surface area (Å²) in [5.41, 5.74) is -0.0365. The van der Waals surface area contributed by atoms with Crippen molar-refractivity contribution < 1.29 is 28.9 Å². The average Bonchev–Trinajstić information content (AvgIpc) is 3.31. The van der Waals surface area contributed by atoms with Crippen molar-refractivity contribution in [3.63, 3.8) is 0 Å². The Kier molecular flexibility index (Phi) is 4.69. The predicted molar refractivity (Wildman–Crippen MR) is 94.7 cm³/mol. The first-order valence-electron chi connectivity index (χ1n) is 9.13. The number of carboxylic acids is 1. The third-order valence-electron chi connectivity index (χ3n) is 5.86. The number of carbonyl (C=O) groups is 2. The van der Waals surface area contributed by atoms with E-state index in [1.807, 2.05) is 12.1 Å². The fourth-order valence-electron chi connectivity index (χ4n) is 4.39.